The summed E-state index contributed by atoms with van der Waals surface area (Å²) in [4.78, 5) is 4.42. The fourth-order valence-corrected chi connectivity index (χ4v) is 3.58. The highest BCUT2D eigenvalue weighted by Crippen LogP contribution is 2.39. The number of nitrogens with zero attached hydrogens (tertiary/aromatic N) is 1. The standard InChI is InChI=1S/C11H15BrN2S/c12-9-2-3-10(14-7-9)6-11(8-13)4-1-5-15-11/h2-3,7H,1,4-6,8,13H2. The molecule has 1 atom stereocenters. The molecule has 15 heavy (non-hydrogen) atoms. The minimum atomic E-state index is 0.251. The number of nitrogens with two attached hydrogens (primary N) is 1. The van der Waals surface area contributed by atoms with E-state index in [-0.39, 0.29) is 4.75 Å². The largest absolute Gasteiger partial charge is 0.329 e. The van der Waals surface area contributed by atoms with Crippen LogP contribution in [0.1, 0.15) is 18.5 Å². The van der Waals surface area contributed by atoms with Crippen LogP contribution < -0.4 is 5.73 Å². The lowest BCUT2D eigenvalue weighted by molar-refractivity contribution is 0.558. The van der Waals surface area contributed by atoms with Crippen LogP contribution in [0.5, 0.6) is 0 Å². The summed E-state index contributed by atoms with van der Waals surface area (Å²) in [5, 5.41) is 0. The van der Waals surface area contributed by atoms with Gasteiger partial charge in [0.15, 0.2) is 0 Å². The normalized spacial score (nSPS) is 25.7. The number of aromatic nitrogens is 1. The smallest absolute Gasteiger partial charge is 0.0418 e. The molecule has 0 saturated carbocycles. The average molecular weight is 287 g/mol. The van der Waals surface area contributed by atoms with Crippen molar-refractivity contribution in [3.05, 3.63) is 28.5 Å². The van der Waals surface area contributed by atoms with Gasteiger partial charge in [-0.25, -0.2) is 0 Å². The molecule has 82 valence electrons. The summed E-state index contributed by atoms with van der Waals surface area (Å²) < 4.78 is 1.29. The number of rotatable bonds is 3. The second-order valence-corrected chi connectivity index (χ2v) is 6.46. The van der Waals surface area contributed by atoms with E-state index < -0.39 is 0 Å². The number of hydrogen-bond acceptors (Lipinski definition) is 3. The Hall–Kier alpha value is -0.0600. The van der Waals surface area contributed by atoms with Gasteiger partial charge in [0.25, 0.3) is 0 Å². The third-order valence-electron chi connectivity index (χ3n) is 2.85. The van der Waals surface area contributed by atoms with Gasteiger partial charge in [0.2, 0.25) is 0 Å². The topological polar surface area (TPSA) is 38.9 Å². The van der Waals surface area contributed by atoms with E-state index in [4.69, 9.17) is 5.73 Å². The third-order valence-corrected chi connectivity index (χ3v) is 4.94. The van der Waals surface area contributed by atoms with Gasteiger partial charge in [0.05, 0.1) is 0 Å². The molecule has 1 aliphatic heterocycles. The van der Waals surface area contributed by atoms with E-state index in [0.29, 0.717) is 0 Å². The lowest BCUT2D eigenvalue weighted by Crippen LogP contribution is -2.34. The second-order valence-electron chi connectivity index (χ2n) is 3.98. The van der Waals surface area contributed by atoms with Crippen molar-refractivity contribution in [1.82, 2.24) is 4.98 Å². The molecule has 1 aromatic heterocycles. The van der Waals surface area contributed by atoms with Gasteiger partial charge >= 0.3 is 0 Å². The van der Waals surface area contributed by atoms with Crippen molar-refractivity contribution in [2.45, 2.75) is 24.0 Å². The quantitative estimate of drug-likeness (QED) is 0.928. The molecule has 2 nitrogen and oxygen atoms in total. The lowest BCUT2D eigenvalue weighted by atomic mass is 9.97. The van der Waals surface area contributed by atoms with Crippen LogP contribution in [0, 0.1) is 0 Å². The first-order valence-corrected chi connectivity index (χ1v) is 6.96. The molecule has 0 radical (unpaired) electrons. The van der Waals surface area contributed by atoms with Crippen LogP contribution in [0.15, 0.2) is 22.8 Å². The van der Waals surface area contributed by atoms with Crippen molar-refractivity contribution >= 4 is 27.7 Å². The number of pyridine rings is 1. The van der Waals surface area contributed by atoms with Crippen molar-refractivity contribution in [2.24, 2.45) is 5.73 Å². The van der Waals surface area contributed by atoms with E-state index in [0.717, 1.165) is 23.1 Å². The molecule has 1 unspecified atom stereocenters. The van der Waals surface area contributed by atoms with Crippen LogP contribution in [0.4, 0.5) is 0 Å². The van der Waals surface area contributed by atoms with Crippen molar-refractivity contribution in [1.29, 1.82) is 0 Å². The van der Waals surface area contributed by atoms with Gasteiger partial charge in [-0.05, 0) is 46.7 Å². The fraction of sp³-hybridized carbons (Fsp3) is 0.545. The molecule has 1 aliphatic rings. The minimum Gasteiger partial charge on any atom is -0.329 e. The Morgan fingerprint density at radius 3 is 2.93 bits per heavy atom. The molecular weight excluding hydrogens is 272 g/mol. The van der Waals surface area contributed by atoms with E-state index >= 15 is 0 Å². The Bertz CT molecular complexity index is 320. The lowest BCUT2D eigenvalue weighted by Gasteiger charge is -2.25. The Kier molecular flexibility index (Phi) is 3.69. The van der Waals surface area contributed by atoms with Crippen LogP contribution in [-0.2, 0) is 6.42 Å². The zero-order valence-corrected chi connectivity index (χ0v) is 11.0. The molecule has 2 heterocycles. The number of halogens is 1. The van der Waals surface area contributed by atoms with Gasteiger partial charge < -0.3 is 5.73 Å². The van der Waals surface area contributed by atoms with E-state index in [9.17, 15) is 0 Å². The van der Waals surface area contributed by atoms with Crippen LogP contribution in [0.3, 0.4) is 0 Å². The van der Waals surface area contributed by atoms with Crippen molar-refractivity contribution in [2.75, 3.05) is 12.3 Å². The SMILES string of the molecule is NCC1(Cc2ccc(Br)cn2)CCCS1. The van der Waals surface area contributed by atoms with E-state index in [1.165, 1.54) is 18.6 Å². The molecule has 0 bridgehead atoms. The van der Waals surface area contributed by atoms with E-state index in [2.05, 4.69) is 27.0 Å². The Morgan fingerprint density at radius 2 is 2.40 bits per heavy atom. The zero-order chi connectivity index (χ0) is 10.7. The summed E-state index contributed by atoms with van der Waals surface area (Å²) >= 11 is 5.41. The van der Waals surface area contributed by atoms with E-state index in [1.54, 1.807) is 0 Å². The first-order valence-electron chi connectivity index (χ1n) is 5.19. The second kappa shape index (κ2) is 4.85. The van der Waals surface area contributed by atoms with E-state index in [1.807, 2.05) is 24.0 Å². The summed E-state index contributed by atoms with van der Waals surface area (Å²) in [6.07, 6.45) is 5.38. The van der Waals surface area contributed by atoms with Crippen LogP contribution in [-0.4, -0.2) is 22.0 Å². The monoisotopic (exact) mass is 286 g/mol. The maximum atomic E-state index is 5.89. The Balaban J connectivity index is 2.09. The zero-order valence-electron chi connectivity index (χ0n) is 8.58. The predicted octanol–water partition coefficient (Wildman–Crippen LogP) is 2.61. The maximum absolute atomic E-state index is 5.89. The highest BCUT2D eigenvalue weighted by atomic mass is 79.9. The van der Waals surface area contributed by atoms with Gasteiger partial charge in [-0.15, -0.1) is 0 Å². The average Bonchev–Trinajstić information content (AvgIpc) is 2.71. The Morgan fingerprint density at radius 1 is 1.53 bits per heavy atom. The minimum absolute atomic E-state index is 0.251. The van der Waals surface area contributed by atoms with Crippen molar-refractivity contribution in [3.63, 3.8) is 0 Å². The first-order chi connectivity index (χ1) is 7.24. The maximum Gasteiger partial charge on any atom is 0.0418 e. The van der Waals surface area contributed by atoms with Gasteiger partial charge in [0, 0.05) is 34.1 Å². The van der Waals surface area contributed by atoms with Crippen molar-refractivity contribution in [3.8, 4) is 0 Å². The van der Waals surface area contributed by atoms with Gasteiger partial charge in [-0.2, -0.15) is 11.8 Å². The molecule has 0 amide bonds. The molecule has 4 heteroatoms. The summed E-state index contributed by atoms with van der Waals surface area (Å²) in [7, 11) is 0. The van der Waals surface area contributed by atoms with Crippen LogP contribution in [0.2, 0.25) is 0 Å². The highest BCUT2D eigenvalue weighted by Gasteiger charge is 2.33. The molecule has 0 aliphatic carbocycles. The summed E-state index contributed by atoms with van der Waals surface area (Å²) in [5.74, 6) is 1.24. The number of thioether (sulfide) groups is 1. The predicted molar refractivity (Wildman–Crippen MR) is 69.1 cm³/mol. The van der Waals surface area contributed by atoms with Gasteiger partial charge in [-0.1, -0.05) is 0 Å². The first kappa shape index (κ1) is 11.4. The van der Waals surface area contributed by atoms with Gasteiger partial charge in [0.1, 0.15) is 0 Å². The molecule has 2 rings (SSSR count). The fourth-order valence-electron chi connectivity index (χ4n) is 1.97. The molecule has 0 aromatic carbocycles. The molecule has 2 N–H and O–H groups in total. The summed E-state index contributed by atoms with van der Waals surface area (Å²) in [5.41, 5.74) is 7.04. The molecule has 1 aromatic rings. The third kappa shape index (κ3) is 2.74. The summed E-state index contributed by atoms with van der Waals surface area (Å²) in [6.45, 7) is 0.759. The van der Waals surface area contributed by atoms with Gasteiger partial charge in [-0.3, -0.25) is 4.98 Å². The molecule has 1 fully saturated rings. The molecule has 1 saturated heterocycles. The highest BCUT2D eigenvalue weighted by molar-refractivity contribution is 9.10. The van der Waals surface area contributed by atoms with Crippen molar-refractivity contribution < 1.29 is 0 Å². The molecular formula is C11H15BrN2S. The molecule has 0 spiro atoms. The number of hydrogen-bond donors (Lipinski definition) is 1. The Labute approximate surface area is 103 Å². The summed E-state index contributed by atoms with van der Waals surface area (Å²) in [6, 6.07) is 4.13. The van der Waals surface area contributed by atoms with Crippen LogP contribution in [0.25, 0.3) is 0 Å². The van der Waals surface area contributed by atoms with Crippen LogP contribution >= 0.6 is 27.7 Å².